The van der Waals surface area contributed by atoms with Crippen LogP contribution in [0.5, 0.6) is 0 Å². The van der Waals surface area contributed by atoms with E-state index < -0.39 is 41.6 Å². The van der Waals surface area contributed by atoms with Gasteiger partial charge in [-0.05, 0) is 15.2 Å². The SMILES string of the molecule is COP(=O)([O-])C(O)P(=O)([O-])[O-].COP(=O)([O-])C(O)P(=O)([O-])[O-].[Mg+2].[Mg+2].[Mg+2]. The molecule has 4 unspecified atom stereocenters. The quantitative estimate of drug-likeness (QED) is 0.265. The topological polar surface area (TPSA) is 266 Å². The van der Waals surface area contributed by atoms with Crippen LogP contribution in [0.25, 0.3) is 0 Å². The molecule has 0 spiro atoms. The second-order valence-corrected chi connectivity index (χ2v) is 11.0. The van der Waals surface area contributed by atoms with Crippen LogP contribution in [0.15, 0.2) is 0 Å². The van der Waals surface area contributed by atoms with Crippen molar-refractivity contribution < 1.29 is 66.9 Å². The molecule has 0 aromatic heterocycles. The van der Waals surface area contributed by atoms with Crippen molar-refractivity contribution in [3.8, 4) is 0 Å². The maximum absolute atomic E-state index is 10.3. The van der Waals surface area contributed by atoms with Gasteiger partial charge in [-0.1, -0.05) is 0 Å². The Morgan fingerprint density at radius 3 is 0.840 bits per heavy atom. The summed E-state index contributed by atoms with van der Waals surface area (Å²) in [5, 5.41) is 16.6. The van der Waals surface area contributed by atoms with Gasteiger partial charge in [-0.15, -0.1) is 0 Å². The average molecular weight is 479 g/mol. The third-order valence-electron chi connectivity index (χ3n) is 1.64. The molecule has 0 saturated carbocycles. The van der Waals surface area contributed by atoms with E-state index in [0.29, 0.717) is 14.2 Å². The van der Waals surface area contributed by atoms with E-state index in [-0.39, 0.29) is 69.2 Å². The van der Waals surface area contributed by atoms with E-state index in [0.717, 1.165) is 0 Å². The molecule has 0 rings (SSSR count). The Labute approximate surface area is 190 Å². The number of aliphatic hydroxyl groups excluding tert-OH is 2. The van der Waals surface area contributed by atoms with Gasteiger partial charge in [0.2, 0.25) is 0 Å². The van der Waals surface area contributed by atoms with E-state index >= 15 is 0 Å². The van der Waals surface area contributed by atoms with Gasteiger partial charge >= 0.3 is 69.2 Å². The Bertz CT molecular complexity index is 494. The van der Waals surface area contributed by atoms with Crippen molar-refractivity contribution in [2.75, 3.05) is 14.2 Å². The van der Waals surface area contributed by atoms with Gasteiger partial charge in [0, 0.05) is 14.2 Å². The smallest absolute Gasteiger partial charge is 0.809 e. The summed E-state index contributed by atoms with van der Waals surface area (Å²) >= 11 is 0. The van der Waals surface area contributed by atoms with Crippen LogP contribution in [-0.2, 0) is 27.3 Å². The molecule has 25 heavy (non-hydrogen) atoms. The average Bonchev–Trinajstić information content (AvgIpc) is 2.35. The van der Waals surface area contributed by atoms with Gasteiger partial charge in [-0.3, -0.25) is 0 Å². The van der Waals surface area contributed by atoms with Crippen LogP contribution in [0.2, 0.25) is 0 Å². The summed E-state index contributed by atoms with van der Waals surface area (Å²) in [7, 11) is -19.7. The molecule has 0 aliphatic carbocycles. The standard InChI is InChI=1S/2C2H8O7P2.3Mg/c2*1-9-11(7,8)2(3)10(4,5)6;;;/h2*2-3H,1H3,(H,7,8)(H2,4,5,6);;;/q;;3*+2/p-6. The van der Waals surface area contributed by atoms with Crippen molar-refractivity contribution >= 4 is 99.5 Å². The zero-order valence-electron chi connectivity index (χ0n) is 12.9. The van der Waals surface area contributed by atoms with Crippen LogP contribution in [0.1, 0.15) is 0 Å². The van der Waals surface area contributed by atoms with E-state index in [2.05, 4.69) is 9.05 Å². The molecular weight excluding hydrogens is 469 g/mol. The van der Waals surface area contributed by atoms with Crippen molar-refractivity contribution in [2.45, 2.75) is 11.2 Å². The van der Waals surface area contributed by atoms with Gasteiger partial charge < -0.3 is 66.9 Å². The summed E-state index contributed by atoms with van der Waals surface area (Å²) < 4.78 is 47.7. The second-order valence-electron chi connectivity index (χ2n) is 3.22. The molecule has 0 amide bonds. The predicted octanol–water partition coefficient (Wildman–Crippen LogP) is -6.39. The zero-order chi connectivity index (χ0) is 18.6. The second kappa shape index (κ2) is 14.7. The van der Waals surface area contributed by atoms with E-state index in [9.17, 15) is 47.6 Å². The largest absolute Gasteiger partial charge is 2.00 e. The summed E-state index contributed by atoms with van der Waals surface area (Å²) in [6.07, 6.45) is 0. The number of rotatable bonds is 6. The Morgan fingerprint density at radius 2 is 0.800 bits per heavy atom. The first-order valence-electron chi connectivity index (χ1n) is 4.56. The fourth-order valence-electron chi connectivity index (χ4n) is 0.535. The third kappa shape index (κ3) is 15.3. The Balaban J connectivity index is -0.0000000952. The molecular formula is C4H10Mg3O14P4. The Morgan fingerprint density at radius 1 is 0.640 bits per heavy atom. The molecule has 136 valence electrons. The third-order valence-corrected chi connectivity index (χ3v) is 8.32. The van der Waals surface area contributed by atoms with Gasteiger partial charge in [-0.25, -0.2) is 0 Å². The number of hydrogen-bond acceptors (Lipinski definition) is 14. The van der Waals surface area contributed by atoms with Crippen LogP contribution in [0.4, 0.5) is 0 Å². The summed E-state index contributed by atoms with van der Waals surface area (Å²) in [6, 6.07) is 0. The first-order chi connectivity index (χ1) is 9.43. The maximum Gasteiger partial charge on any atom is 2.00 e. The van der Waals surface area contributed by atoms with Crippen LogP contribution >= 0.6 is 30.4 Å². The monoisotopic (exact) mass is 478 g/mol. The van der Waals surface area contributed by atoms with E-state index in [1.165, 1.54) is 0 Å². The maximum atomic E-state index is 10.3. The predicted molar refractivity (Wildman–Crippen MR) is 73.7 cm³/mol. The van der Waals surface area contributed by atoms with Crippen molar-refractivity contribution in [3.05, 3.63) is 0 Å². The van der Waals surface area contributed by atoms with E-state index in [1.807, 2.05) is 0 Å². The molecule has 0 aromatic rings. The minimum atomic E-state index is -5.54. The molecule has 0 heterocycles. The van der Waals surface area contributed by atoms with Crippen LogP contribution in [0.3, 0.4) is 0 Å². The first-order valence-corrected chi connectivity index (χ1v) is 11.0. The molecule has 0 bridgehead atoms. The molecule has 0 aliphatic rings. The van der Waals surface area contributed by atoms with Gasteiger partial charge in [0.15, 0.2) is 15.2 Å². The van der Waals surface area contributed by atoms with E-state index in [1.54, 1.807) is 0 Å². The van der Waals surface area contributed by atoms with E-state index in [4.69, 9.17) is 10.2 Å². The van der Waals surface area contributed by atoms with Gasteiger partial charge in [-0.2, -0.15) is 0 Å². The normalized spacial score (nSPS) is 18.3. The van der Waals surface area contributed by atoms with Crippen molar-refractivity contribution in [1.29, 1.82) is 0 Å². The fraction of sp³-hybridized carbons (Fsp3) is 1.00. The molecule has 0 radical (unpaired) electrons. The van der Waals surface area contributed by atoms with Crippen molar-refractivity contribution in [3.63, 3.8) is 0 Å². The molecule has 0 aliphatic heterocycles. The summed E-state index contributed by atoms with van der Waals surface area (Å²) in [5.41, 5.74) is -6.00. The summed E-state index contributed by atoms with van der Waals surface area (Å²) in [5.74, 6) is 0. The summed E-state index contributed by atoms with van der Waals surface area (Å²) in [4.78, 5) is 60.3. The molecule has 2 N–H and O–H groups in total. The number of aliphatic hydroxyl groups is 2. The molecule has 0 aromatic carbocycles. The van der Waals surface area contributed by atoms with Crippen LogP contribution in [0, 0.1) is 0 Å². The van der Waals surface area contributed by atoms with Crippen molar-refractivity contribution in [1.82, 2.24) is 0 Å². The first kappa shape index (κ1) is 38.4. The minimum Gasteiger partial charge on any atom is -0.809 e. The molecule has 0 fully saturated rings. The zero-order valence-corrected chi connectivity index (χ0v) is 20.7. The van der Waals surface area contributed by atoms with Crippen molar-refractivity contribution in [2.24, 2.45) is 0 Å². The molecule has 4 atom stereocenters. The Kier molecular flexibility index (Phi) is 22.7. The molecule has 21 heteroatoms. The summed E-state index contributed by atoms with van der Waals surface area (Å²) in [6.45, 7) is 0. The van der Waals surface area contributed by atoms with Gasteiger partial charge in [0.25, 0.3) is 0 Å². The van der Waals surface area contributed by atoms with Crippen LogP contribution < -0.4 is 29.4 Å². The van der Waals surface area contributed by atoms with Gasteiger partial charge in [0.1, 0.15) is 11.2 Å². The minimum absolute atomic E-state index is 0. The fourth-order valence-corrected chi connectivity index (χ4v) is 4.25. The van der Waals surface area contributed by atoms with Crippen LogP contribution in [-0.4, -0.2) is 105 Å². The molecule has 0 saturated heterocycles. The Hall–Kier alpha value is 2.82. The number of hydrogen-bond donors (Lipinski definition) is 2. The molecule has 14 nitrogen and oxygen atoms in total. The van der Waals surface area contributed by atoms with Gasteiger partial charge in [0.05, 0.1) is 0 Å².